The minimum atomic E-state index is -0.134. The van der Waals surface area contributed by atoms with Crippen LogP contribution in [0.2, 0.25) is 0 Å². The predicted octanol–water partition coefficient (Wildman–Crippen LogP) is 1.95. The van der Waals surface area contributed by atoms with Crippen LogP contribution in [0.5, 0.6) is 11.5 Å². The number of carbonyl (C=O) groups is 1. The molecule has 0 bridgehead atoms. The van der Waals surface area contributed by atoms with E-state index in [0.29, 0.717) is 29.5 Å². The number of hydrogen-bond acceptors (Lipinski definition) is 4. The summed E-state index contributed by atoms with van der Waals surface area (Å²) in [7, 11) is 3.09. The van der Waals surface area contributed by atoms with Crippen LogP contribution in [-0.2, 0) is 0 Å². The van der Waals surface area contributed by atoms with Crippen LogP contribution in [0.15, 0.2) is 18.2 Å². The van der Waals surface area contributed by atoms with E-state index in [1.165, 1.54) is 7.11 Å². The van der Waals surface area contributed by atoms with E-state index >= 15 is 0 Å². The van der Waals surface area contributed by atoms with Crippen molar-refractivity contribution in [3.63, 3.8) is 0 Å². The summed E-state index contributed by atoms with van der Waals surface area (Å²) in [6, 6.07) is 5.57. The highest BCUT2D eigenvalue weighted by atomic mass is 16.5. The van der Waals surface area contributed by atoms with Gasteiger partial charge in [-0.1, -0.05) is 12.5 Å². The van der Waals surface area contributed by atoms with Gasteiger partial charge in [-0.3, -0.25) is 4.79 Å². The van der Waals surface area contributed by atoms with Gasteiger partial charge in [-0.2, -0.15) is 0 Å². The summed E-state index contributed by atoms with van der Waals surface area (Å²) >= 11 is 0. The fraction of sp³-hybridized carbons (Fsp3) is 0.562. The maximum absolute atomic E-state index is 12.3. The van der Waals surface area contributed by atoms with Crippen LogP contribution in [0.1, 0.15) is 36.0 Å². The summed E-state index contributed by atoms with van der Waals surface area (Å²) < 4.78 is 10.5. The summed E-state index contributed by atoms with van der Waals surface area (Å²) in [6.07, 6.45) is 4.34. The molecule has 1 aliphatic rings. The van der Waals surface area contributed by atoms with E-state index in [2.05, 4.69) is 5.32 Å². The van der Waals surface area contributed by atoms with Crippen molar-refractivity contribution in [1.29, 1.82) is 0 Å². The van der Waals surface area contributed by atoms with Crippen LogP contribution in [0, 0.1) is 5.92 Å². The Morgan fingerprint density at radius 1 is 1.33 bits per heavy atom. The average Bonchev–Trinajstić information content (AvgIpc) is 2.51. The molecule has 2 rings (SSSR count). The first-order valence-electron chi connectivity index (χ1n) is 7.40. The largest absolute Gasteiger partial charge is 0.493 e. The molecule has 1 aromatic carbocycles. The van der Waals surface area contributed by atoms with Gasteiger partial charge in [0.15, 0.2) is 11.5 Å². The fourth-order valence-corrected chi connectivity index (χ4v) is 2.92. The lowest BCUT2D eigenvalue weighted by atomic mass is 9.86. The number of carbonyl (C=O) groups excluding carboxylic acids is 1. The third kappa shape index (κ3) is 3.88. The third-order valence-corrected chi connectivity index (χ3v) is 4.02. The summed E-state index contributed by atoms with van der Waals surface area (Å²) in [4.78, 5) is 12.3. The van der Waals surface area contributed by atoms with Gasteiger partial charge in [-0.15, -0.1) is 0 Å². The molecular weight excluding hydrogens is 268 g/mol. The Balaban J connectivity index is 2.00. The monoisotopic (exact) mass is 292 g/mol. The first-order chi connectivity index (χ1) is 10.2. The number of methoxy groups -OCH3 is 2. The van der Waals surface area contributed by atoms with E-state index in [-0.39, 0.29) is 11.9 Å². The van der Waals surface area contributed by atoms with E-state index < -0.39 is 0 Å². The van der Waals surface area contributed by atoms with Gasteiger partial charge in [0.2, 0.25) is 0 Å². The number of ether oxygens (including phenoxy) is 2. The van der Waals surface area contributed by atoms with Crippen LogP contribution in [-0.4, -0.2) is 32.7 Å². The van der Waals surface area contributed by atoms with Crippen molar-refractivity contribution < 1.29 is 14.3 Å². The highest BCUT2D eigenvalue weighted by Gasteiger charge is 2.21. The molecule has 0 aliphatic heterocycles. The minimum Gasteiger partial charge on any atom is -0.493 e. The first kappa shape index (κ1) is 15.6. The van der Waals surface area contributed by atoms with E-state index in [1.54, 1.807) is 25.3 Å². The molecule has 21 heavy (non-hydrogen) atoms. The highest BCUT2D eigenvalue weighted by Crippen LogP contribution is 2.30. The molecule has 1 saturated carbocycles. The number of benzene rings is 1. The Labute approximate surface area is 125 Å². The topological polar surface area (TPSA) is 73.6 Å². The van der Waals surface area contributed by atoms with E-state index in [1.807, 2.05) is 0 Å². The van der Waals surface area contributed by atoms with Gasteiger partial charge in [0.25, 0.3) is 5.91 Å². The molecule has 1 fully saturated rings. The molecule has 5 nitrogen and oxygen atoms in total. The van der Waals surface area contributed by atoms with Gasteiger partial charge in [0, 0.05) is 12.6 Å². The van der Waals surface area contributed by atoms with Gasteiger partial charge in [0.1, 0.15) is 0 Å². The van der Waals surface area contributed by atoms with Crippen LogP contribution in [0.25, 0.3) is 0 Å². The SMILES string of the molecule is COc1cccc(C(=O)NCC2CCCC(N)C2)c1OC. The second kappa shape index (κ2) is 7.31. The normalized spacial score (nSPS) is 21.7. The lowest BCUT2D eigenvalue weighted by Gasteiger charge is -2.26. The number of para-hydroxylation sites is 1. The lowest BCUT2D eigenvalue weighted by molar-refractivity contribution is 0.0938. The van der Waals surface area contributed by atoms with Gasteiger partial charge in [-0.25, -0.2) is 0 Å². The highest BCUT2D eigenvalue weighted by molar-refractivity contribution is 5.97. The summed E-state index contributed by atoms with van der Waals surface area (Å²) in [5.41, 5.74) is 6.47. The maximum Gasteiger partial charge on any atom is 0.255 e. The molecule has 2 unspecified atom stereocenters. The van der Waals surface area contributed by atoms with Gasteiger partial charge >= 0.3 is 0 Å². The van der Waals surface area contributed by atoms with Crippen LogP contribution >= 0.6 is 0 Å². The van der Waals surface area contributed by atoms with Crippen molar-refractivity contribution in [2.24, 2.45) is 11.7 Å². The van der Waals surface area contributed by atoms with Crippen molar-refractivity contribution in [1.82, 2.24) is 5.32 Å². The van der Waals surface area contributed by atoms with Crippen LogP contribution in [0.4, 0.5) is 0 Å². The van der Waals surface area contributed by atoms with Crippen molar-refractivity contribution in [3.05, 3.63) is 23.8 Å². The molecule has 3 N–H and O–H groups in total. The standard InChI is InChI=1S/C16H24N2O3/c1-20-14-8-4-7-13(15(14)21-2)16(19)18-10-11-5-3-6-12(17)9-11/h4,7-8,11-12H,3,5-6,9-10,17H2,1-2H3,(H,18,19). The second-order valence-corrected chi connectivity index (χ2v) is 5.54. The zero-order valence-electron chi connectivity index (χ0n) is 12.7. The van der Waals surface area contributed by atoms with Gasteiger partial charge in [0.05, 0.1) is 19.8 Å². The molecule has 0 spiro atoms. The minimum absolute atomic E-state index is 0.134. The Kier molecular flexibility index (Phi) is 5.44. The first-order valence-corrected chi connectivity index (χ1v) is 7.40. The Morgan fingerprint density at radius 3 is 2.81 bits per heavy atom. The molecule has 0 aromatic heterocycles. The lowest BCUT2D eigenvalue weighted by Crippen LogP contribution is -2.35. The molecular formula is C16H24N2O3. The van der Waals surface area contributed by atoms with Crippen molar-refractivity contribution in [3.8, 4) is 11.5 Å². The number of amides is 1. The second-order valence-electron chi connectivity index (χ2n) is 5.54. The third-order valence-electron chi connectivity index (χ3n) is 4.02. The average molecular weight is 292 g/mol. The maximum atomic E-state index is 12.3. The van der Waals surface area contributed by atoms with Gasteiger partial charge in [-0.05, 0) is 37.3 Å². The molecule has 1 aromatic rings. The number of nitrogens with one attached hydrogen (secondary N) is 1. The Bertz CT molecular complexity index is 490. The van der Waals surface area contributed by atoms with Crippen molar-refractivity contribution in [2.45, 2.75) is 31.7 Å². The summed E-state index contributed by atoms with van der Waals surface area (Å²) in [6.45, 7) is 0.660. The fourth-order valence-electron chi connectivity index (χ4n) is 2.92. The Morgan fingerprint density at radius 2 is 2.14 bits per heavy atom. The zero-order valence-corrected chi connectivity index (χ0v) is 12.7. The van der Waals surface area contributed by atoms with Crippen molar-refractivity contribution in [2.75, 3.05) is 20.8 Å². The molecule has 0 radical (unpaired) electrons. The van der Waals surface area contributed by atoms with Gasteiger partial charge < -0.3 is 20.5 Å². The predicted molar refractivity (Wildman–Crippen MR) is 81.8 cm³/mol. The molecule has 5 heteroatoms. The van der Waals surface area contributed by atoms with E-state index in [9.17, 15) is 4.79 Å². The number of rotatable bonds is 5. The molecule has 1 amide bonds. The van der Waals surface area contributed by atoms with Crippen LogP contribution < -0.4 is 20.5 Å². The molecule has 0 saturated heterocycles. The van der Waals surface area contributed by atoms with E-state index in [0.717, 1.165) is 25.7 Å². The van der Waals surface area contributed by atoms with Crippen molar-refractivity contribution >= 4 is 5.91 Å². The molecule has 116 valence electrons. The molecule has 0 heterocycles. The van der Waals surface area contributed by atoms with E-state index in [4.69, 9.17) is 15.2 Å². The quantitative estimate of drug-likeness (QED) is 0.870. The molecule has 2 atom stereocenters. The molecule has 1 aliphatic carbocycles. The summed E-state index contributed by atoms with van der Waals surface area (Å²) in [5.74, 6) is 1.36. The van der Waals surface area contributed by atoms with Crippen LogP contribution in [0.3, 0.4) is 0 Å². The Hall–Kier alpha value is -1.75. The number of hydrogen-bond donors (Lipinski definition) is 2. The summed E-state index contributed by atoms with van der Waals surface area (Å²) in [5, 5.41) is 2.99. The number of nitrogens with two attached hydrogens (primary N) is 1. The smallest absolute Gasteiger partial charge is 0.255 e. The zero-order chi connectivity index (χ0) is 15.2.